The van der Waals surface area contributed by atoms with Gasteiger partial charge in [-0.2, -0.15) is 13.2 Å². The molecule has 19 heavy (non-hydrogen) atoms. The number of nitrogens with zero attached hydrogens (tertiary/aromatic N) is 1. The van der Waals surface area contributed by atoms with E-state index in [0.29, 0.717) is 18.7 Å². The smallest absolute Gasteiger partial charge is 0.307 e. The maximum Gasteiger partial charge on any atom is 0.416 e. The number of anilines is 1. The number of benzene rings is 1. The van der Waals surface area contributed by atoms with Crippen LogP contribution in [0.1, 0.15) is 17.5 Å². The van der Waals surface area contributed by atoms with E-state index in [0.717, 1.165) is 24.1 Å². The highest BCUT2D eigenvalue weighted by Gasteiger charge is 2.37. The molecule has 0 aromatic heterocycles. The number of aryl methyl sites for hydroxylation is 1. The molecule has 0 aliphatic carbocycles. The van der Waals surface area contributed by atoms with Gasteiger partial charge in [0.1, 0.15) is 0 Å². The Morgan fingerprint density at radius 1 is 1.32 bits per heavy atom. The van der Waals surface area contributed by atoms with E-state index in [9.17, 15) is 18.0 Å². The molecule has 2 aliphatic rings. The zero-order valence-electron chi connectivity index (χ0n) is 10.1. The molecule has 0 saturated carbocycles. The molecule has 6 heteroatoms. The molecule has 1 atom stereocenters. The van der Waals surface area contributed by atoms with Crippen LogP contribution < -0.4 is 10.2 Å². The molecule has 0 radical (unpaired) electrons. The van der Waals surface area contributed by atoms with Crippen LogP contribution in [0.3, 0.4) is 0 Å². The van der Waals surface area contributed by atoms with E-state index in [1.165, 1.54) is 11.0 Å². The molecule has 3 rings (SSSR count). The minimum atomic E-state index is -4.38. The second kappa shape index (κ2) is 4.23. The van der Waals surface area contributed by atoms with E-state index < -0.39 is 11.7 Å². The van der Waals surface area contributed by atoms with Gasteiger partial charge < -0.3 is 10.2 Å². The van der Waals surface area contributed by atoms with Gasteiger partial charge in [-0.3, -0.25) is 4.79 Å². The number of halogens is 3. The third-order valence-corrected chi connectivity index (χ3v) is 3.71. The highest BCUT2D eigenvalue weighted by molar-refractivity contribution is 5.97. The van der Waals surface area contributed by atoms with E-state index in [1.54, 1.807) is 0 Å². The summed E-state index contributed by atoms with van der Waals surface area (Å²) < 4.78 is 38.3. The number of carbonyl (C=O) groups excluding carboxylic acids is 1. The molecule has 102 valence electrons. The van der Waals surface area contributed by atoms with Gasteiger partial charge in [-0.25, -0.2) is 0 Å². The molecule has 3 nitrogen and oxygen atoms in total. The zero-order valence-corrected chi connectivity index (χ0v) is 10.1. The van der Waals surface area contributed by atoms with Gasteiger partial charge in [-0.1, -0.05) is 6.07 Å². The van der Waals surface area contributed by atoms with E-state index in [4.69, 9.17) is 0 Å². The molecule has 1 amide bonds. The first-order valence-electron chi connectivity index (χ1n) is 6.20. The van der Waals surface area contributed by atoms with Gasteiger partial charge in [0.25, 0.3) is 0 Å². The quantitative estimate of drug-likeness (QED) is 0.781. The second-order valence-corrected chi connectivity index (χ2v) is 4.93. The molecular formula is C13H13F3N2O. The molecule has 0 unspecified atom stereocenters. The van der Waals surface area contributed by atoms with E-state index in [-0.39, 0.29) is 18.5 Å². The molecule has 2 heterocycles. The SMILES string of the molecule is O=C1CNC[C@@H]2CCc3ccc(C(F)(F)F)cc3N12. The van der Waals surface area contributed by atoms with Crippen molar-refractivity contribution in [2.24, 2.45) is 0 Å². The number of hydrogen-bond donors (Lipinski definition) is 1. The van der Waals surface area contributed by atoms with Gasteiger partial charge in [-0.15, -0.1) is 0 Å². The summed E-state index contributed by atoms with van der Waals surface area (Å²) in [6.45, 7) is 0.827. The maximum absolute atomic E-state index is 12.8. The molecule has 1 aromatic carbocycles. The van der Waals surface area contributed by atoms with E-state index in [1.807, 2.05) is 0 Å². The second-order valence-electron chi connectivity index (χ2n) is 4.93. The fourth-order valence-corrected chi connectivity index (χ4v) is 2.79. The standard InChI is InChI=1S/C13H13F3N2O/c14-13(15,16)9-3-1-8-2-4-10-6-17-7-12(19)18(10)11(8)5-9/h1,3,5,10,17H,2,4,6-7H2/t10-/m0/s1. The molecule has 0 spiro atoms. The summed E-state index contributed by atoms with van der Waals surface area (Å²) in [4.78, 5) is 13.5. The molecule has 0 bridgehead atoms. The fraction of sp³-hybridized carbons (Fsp3) is 0.462. The van der Waals surface area contributed by atoms with Gasteiger partial charge in [0.05, 0.1) is 12.1 Å². The number of fused-ring (bicyclic) bond motifs is 3. The Bertz CT molecular complexity index is 527. The number of piperazine rings is 1. The predicted molar refractivity (Wildman–Crippen MR) is 63.9 cm³/mol. The van der Waals surface area contributed by atoms with Gasteiger partial charge in [0.15, 0.2) is 0 Å². The molecule has 2 aliphatic heterocycles. The van der Waals surface area contributed by atoms with Gasteiger partial charge in [-0.05, 0) is 30.5 Å². The summed E-state index contributed by atoms with van der Waals surface area (Å²) in [6, 6.07) is 3.65. The minimum absolute atomic E-state index is 0.0303. The van der Waals surface area contributed by atoms with Crippen molar-refractivity contribution in [3.63, 3.8) is 0 Å². The van der Waals surface area contributed by atoms with Crippen LogP contribution in [-0.2, 0) is 17.4 Å². The van der Waals surface area contributed by atoms with Crippen molar-refractivity contribution in [1.29, 1.82) is 0 Å². The number of alkyl halides is 3. The summed E-state index contributed by atoms with van der Waals surface area (Å²) in [7, 11) is 0. The highest BCUT2D eigenvalue weighted by atomic mass is 19.4. The zero-order chi connectivity index (χ0) is 13.6. The average molecular weight is 270 g/mol. The van der Waals surface area contributed by atoms with Crippen molar-refractivity contribution in [2.75, 3.05) is 18.0 Å². The Labute approximate surface area is 108 Å². The van der Waals surface area contributed by atoms with Crippen molar-refractivity contribution < 1.29 is 18.0 Å². The Balaban J connectivity index is 2.06. The Morgan fingerprint density at radius 2 is 2.11 bits per heavy atom. The fourth-order valence-electron chi connectivity index (χ4n) is 2.79. The lowest BCUT2D eigenvalue weighted by molar-refractivity contribution is -0.137. The van der Waals surface area contributed by atoms with Crippen molar-refractivity contribution >= 4 is 11.6 Å². The van der Waals surface area contributed by atoms with Crippen molar-refractivity contribution in [1.82, 2.24) is 5.32 Å². The van der Waals surface area contributed by atoms with Crippen LogP contribution in [0.15, 0.2) is 18.2 Å². The first-order chi connectivity index (χ1) is 8.97. The van der Waals surface area contributed by atoms with Crippen LogP contribution in [0.2, 0.25) is 0 Å². The van der Waals surface area contributed by atoms with Crippen molar-refractivity contribution in [2.45, 2.75) is 25.1 Å². The third-order valence-electron chi connectivity index (χ3n) is 3.71. The molecular weight excluding hydrogens is 257 g/mol. The average Bonchev–Trinajstić information content (AvgIpc) is 2.37. The lowest BCUT2D eigenvalue weighted by Crippen LogP contribution is -2.56. The normalized spacial score (nSPS) is 23.0. The third kappa shape index (κ3) is 2.10. The van der Waals surface area contributed by atoms with Crippen LogP contribution in [0.5, 0.6) is 0 Å². The number of hydrogen-bond acceptors (Lipinski definition) is 2. The molecule has 1 saturated heterocycles. The van der Waals surface area contributed by atoms with E-state index in [2.05, 4.69) is 5.32 Å². The number of amides is 1. The molecule has 1 N–H and O–H groups in total. The van der Waals surface area contributed by atoms with Crippen LogP contribution >= 0.6 is 0 Å². The molecule has 1 aromatic rings. The first-order valence-corrected chi connectivity index (χ1v) is 6.20. The maximum atomic E-state index is 12.8. The highest BCUT2D eigenvalue weighted by Crippen LogP contribution is 2.37. The van der Waals surface area contributed by atoms with Crippen molar-refractivity contribution in [3.05, 3.63) is 29.3 Å². The minimum Gasteiger partial charge on any atom is -0.307 e. The van der Waals surface area contributed by atoms with Crippen molar-refractivity contribution in [3.8, 4) is 0 Å². The molecule has 1 fully saturated rings. The topological polar surface area (TPSA) is 32.3 Å². The van der Waals surface area contributed by atoms with Crippen LogP contribution in [0, 0.1) is 0 Å². The largest absolute Gasteiger partial charge is 0.416 e. The number of nitrogens with one attached hydrogen (secondary N) is 1. The summed E-state index contributed by atoms with van der Waals surface area (Å²) in [5.41, 5.74) is 0.551. The monoisotopic (exact) mass is 270 g/mol. The van der Waals surface area contributed by atoms with Crippen LogP contribution in [0.25, 0.3) is 0 Å². The summed E-state index contributed by atoms with van der Waals surface area (Å²) in [5, 5.41) is 3.00. The predicted octanol–water partition coefficient (Wildman–Crippen LogP) is 1.96. The van der Waals surface area contributed by atoms with Crippen LogP contribution in [0.4, 0.5) is 18.9 Å². The number of rotatable bonds is 0. The Hall–Kier alpha value is -1.56. The number of carbonyl (C=O) groups is 1. The van der Waals surface area contributed by atoms with Gasteiger partial charge in [0.2, 0.25) is 5.91 Å². The van der Waals surface area contributed by atoms with E-state index >= 15 is 0 Å². The lowest BCUT2D eigenvalue weighted by Gasteiger charge is -2.40. The summed E-state index contributed by atoms with van der Waals surface area (Å²) in [6.07, 6.45) is -2.88. The Morgan fingerprint density at radius 3 is 2.84 bits per heavy atom. The Kier molecular flexibility index (Phi) is 2.78. The van der Waals surface area contributed by atoms with Gasteiger partial charge >= 0.3 is 6.18 Å². The summed E-state index contributed by atoms with van der Waals surface area (Å²) in [5.74, 6) is -0.156. The summed E-state index contributed by atoms with van der Waals surface area (Å²) >= 11 is 0. The lowest BCUT2D eigenvalue weighted by atomic mass is 9.93. The van der Waals surface area contributed by atoms with Crippen LogP contribution in [-0.4, -0.2) is 25.0 Å². The first kappa shape index (κ1) is 12.5. The van der Waals surface area contributed by atoms with Gasteiger partial charge in [0, 0.05) is 18.3 Å².